The molecule has 0 bridgehead atoms. The lowest BCUT2D eigenvalue weighted by Crippen LogP contribution is -2.46. The van der Waals surface area contributed by atoms with E-state index in [9.17, 15) is 10.1 Å². The van der Waals surface area contributed by atoms with Gasteiger partial charge in [0.05, 0.1) is 10.7 Å². The van der Waals surface area contributed by atoms with E-state index in [-0.39, 0.29) is 11.1 Å². The summed E-state index contributed by atoms with van der Waals surface area (Å²) in [5, 5.41) is 14.9. The molecule has 1 aliphatic rings. The Labute approximate surface area is 178 Å². The van der Waals surface area contributed by atoms with Crippen molar-refractivity contribution < 1.29 is 0 Å². The Hall–Kier alpha value is -2.56. The van der Waals surface area contributed by atoms with Crippen molar-refractivity contribution in [3.8, 4) is 6.07 Å². The van der Waals surface area contributed by atoms with E-state index in [0.29, 0.717) is 17.6 Å². The van der Waals surface area contributed by atoms with Gasteiger partial charge in [-0.05, 0) is 43.5 Å². The maximum Gasteiger partial charge on any atom is 0.271 e. The van der Waals surface area contributed by atoms with Gasteiger partial charge in [0, 0.05) is 36.9 Å². The molecular formula is C21H22ClN5OS. The first-order chi connectivity index (χ1) is 13.9. The molecule has 0 radical (unpaired) electrons. The van der Waals surface area contributed by atoms with Gasteiger partial charge in [-0.3, -0.25) is 4.79 Å². The van der Waals surface area contributed by atoms with E-state index in [1.165, 1.54) is 11.3 Å². The van der Waals surface area contributed by atoms with Gasteiger partial charge in [-0.25, -0.2) is 4.98 Å². The summed E-state index contributed by atoms with van der Waals surface area (Å²) < 4.78 is 1.54. The largest absolute Gasteiger partial charge is 0.382 e. The summed E-state index contributed by atoms with van der Waals surface area (Å²) in [6, 6.07) is 10.2. The number of nitrogens with zero attached hydrogens (tertiary/aromatic N) is 4. The Morgan fingerprint density at radius 3 is 2.72 bits per heavy atom. The van der Waals surface area contributed by atoms with Crippen molar-refractivity contribution in [3.05, 3.63) is 50.2 Å². The fraction of sp³-hybridized carbons (Fsp3) is 0.381. The van der Waals surface area contributed by atoms with Crippen molar-refractivity contribution in [2.45, 2.75) is 26.3 Å². The number of aromatic nitrogens is 2. The predicted octanol–water partition coefficient (Wildman–Crippen LogP) is 4.16. The molecular weight excluding hydrogens is 406 g/mol. The average Bonchev–Trinajstić information content (AvgIpc) is 3.09. The number of benzene rings is 1. The van der Waals surface area contributed by atoms with Gasteiger partial charge in [-0.1, -0.05) is 18.5 Å². The first kappa shape index (κ1) is 19.7. The van der Waals surface area contributed by atoms with Gasteiger partial charge in [0.2, 0.25) is 0 Å². The average molecular weight is 428 g/mol. The Kier molecular flexibility index (Phi) is 5.24. The number of hydrogen-bond acceptors (Lipinski definition) is 6. The molecule has 2 atom stereocenters. The maximum absolute atomic E-state index is 12.8. The first-order valence-corrected chi connectivity index (χ1v) is 10.8. The maximum atomic E-state index is 12.8. The fourth-order valence-electron chi connectivity index (χ4n) is 4.01. The second kappa shape index (κ2) is 7.69. The number of piperidine rings is 1. The number of nitrogens with one attached hydrogen (secondary N) is 1. The molecule has 150 valence electrons. The summed E-state index contributed by atoms with van der Waals surface area (Å²) in [5.41, 5.74) is 2.41. The van der Waals surface area contributed by atoms with Crippen molar-refractivity contribution in [3.63, 3.8) is 0 Å². The number of aryl methyl sites for hydroxylation is 2. The van der Waals surface area contributed by atoms with Crippen LogP contribution in [0.25, 0.3) is 10.3 Å². The zero-order chi connectivity index (χ0) is 20.7. The van der Waals surface area contributed by atoms with Gasteiger partial charge in [0.15, 0.2) is 0 Å². The number of anilines is 2. The summed E-state index contributed by atoms with van der Waals surface area (Å²) in [6.07, 6.45) is 0.897. The molecule has 0 spiro atoms. The SMILES string of the molecule is Cc1nc2c(N3CC[C@@H](Nc4ccc(Cl)cc4)[C@@H](C)C3)c(C#N)c(=O)n(C)c2s1. The van der Waals surface area contributed by atoms with Crippen LogP contribution in [0.2, 0.25) is 5.02 Å². The minimum Gasteiger partial charge on any atom is -0.382 e. The second-order valence-electron chi connectivity index (χ2n) is 7.56. The summed E-state index contributed by atoms with van der Waals surface area (Å²) in [6.45, 7) is 5.62. The third-order valence-corrected chi connectivity index (χ3v) is 6.83. The van der Waals surface area contributed by atoms with Gasteiger partial charge in [-0.15, -0.1) is 11.3 Å². The third kappa shape index (κ3) is 3.59. The fourth-order valence-corrected chi connectivity index (χ4v) is 5.01. The summed E-state index contributed by atoms with van der Waals surface area (Å²) in [5.74, 6) is 0.324. The van der Waals surface area contributed by atoms with E-state index in [0.717, 1.165) is 45.6 Å². The lowest BCUT2D eigenvalue weighted by Gasteiger charge is -2.39. The highest BCUT2D eigenvalue weighted by atomic mass is 35.5. The Morgan fingerprint density at radius 1 is 1.34 bits per heavy atom. The number of thiazole rings is 1. The van der Waals surface area contributed by atoms with Gasteiger partial charge in [0.1, 0.15) is 22.0 Å². The quantitative estimate of drug-likeness (QED) is 0.679. The Bertz CT molecular complexity index is 1160. The molecule has 1 fully saturated rings. The number of nitriles is 1. The number of rotatable bonds is 3. The van der Waals surface area contributed by atoms with Crippen LogP contribution in [0.5, 0.6) is 0 Å². The zero-order valence-corrected chi connectivity index (χ0v) is 18.1. The van der Waals surface area contributed by atoms with E-state index in [1.54, 1.807) is 11.6 Å². The molecule has 3 aromatic rings. The molecule has 0 amide bonds. The minimum atomic E-state index is -0.257. The Morgan fingerprint density at radius 2 is 2.07 bits per heavy atom. The molecule has 1 saturated heterocycles. The molecule has 1 aromatic carbocycles. The summed E-state index contributed by atoms with van der Waals surface area (Å²) in [4.78, 5) is 20.4. The van der Waals surface area contributed by atoms with E-state index in [1.807, 2.05) is 31.2 Å². The van der Waals surface area contributed by atoms with E-state index >= 15 is 0 Å². The third-order valence-electron chi connectivity index (χ3n) is 5.53. The highest BCUT2D eigenvalue weighted by Crippen LogP contribution is 2.34. The van der Waals surface area contributed by atoms with Crippen LogP contribution in [0.3, 0.4) is 0 Å². The highest BCUT2D eigenvalue weighted by Gasteiger charge is 2.30. The van der Waals surface area contributed by atoms with E-state index in [2.05, 4.69) is 28.2 Å². The molecule has 0 unspecified atom stereocenters. The highest BCUT2D eigenvalue weighted by molar-refractivity contribution is 7.18. The second-order valence-corrected chi connectivity index (χ2v) is 9.17. The van der Waals surface area contributed by atoms with Crippen LogP contribution in [0.4, 0.5) is 11.4 Å². The molecule has 3 heterocycles. The van der Waals surface area contributed by atoms with Crippen molar-refractivity contribution in [2.24, 2.45) is 13.0 Å². The lowest BCUT2D eigenvalue weighted by atomic mass is 9.92. The lowest BCUT2D eigenvalue weighted by molar-refractivity contribution is 0.404. The van der Waals surface area contributed by atoms with Crippen LogP contribution < -0.4 is 15.8 Å². The molecule has 1 N–H and O–H groups in total. The minimum absolute atomic E-state index is 0.182. The van der Waals surface area contributed by atoms with Crippen LogP contribution in [-0.2, 0) is 7.05 Å². The molecule has 0 saturated carbocycles. The zero-order valence-electron chi connectivity index (χ0n) is 16.6. The number of pyridine rings is 1. The molecule has 0 aliphatic carbocycles. The monoisotopic (exact) mass is 427 g/mol. The number of hydrogen-bond donors (Lipinski definition) is 1. The first-order valence-electron chi connectivity index (χ1n) is 9.56. The van der Waals surface area contributed by atoms with Crippen LogP contribution in [0.1, 0.15) is 23.9 Å². The normalized spacial score (nSPS) is 19.3. The predicted molar refractivity (Wildman–Crippen MR) is 119 cm³/mol. The molecule has 1 aliphatic heterocycles. The molecule has 6 nitrogen and oxygen atoms in total. The van der Waals surface area contributed by atoms with Gasteiger partial charge in [0.25, 0.3) is 5.56 Å². The van der Waals surface area contributed by atoms with Crippen molar-refractivity contribution >= 4 is 44.7 Å². The molecule has 2 aromatic heterocycles. The van der Waals surface area contributed by atoms with E-state index < -0.39 is 0 Å². The summed E-state index contributed by atoms with van der Waals surface area (Å²) >= 11 is 7.47. The van der Waals surface area contributed by atoms with Crippen molar-refractivity contribution in [1.29, 1.82) is 5.26 Å². The molecule has 8 heteroatoms. The molecule has 4 rings (SSSR count). The van der Waals surface area contributed by atoms with Crippen molar-refractivity contribution in [2.75, 3.05) is 23.3 Å². The smallest absolute Gasteiger partial charge is 0.271 e. The topological polar surface area (TPSA) is 74.0 Å². The van der Waals surface area contributed by atoms with Gasteiger partial charge < -0.3 is 14.8 Å². The van der Waals surface area contributed by atoms with Crippen LogP contribution in [-0.4, -0.2) is 28.7 Å². The van der Waals surface area contributed by atoms with E-state index in [4.69, 9.17) is 11.6 Å². The van der Waals surface area contributed by atoms with Crippen LogP contribution >= 0.6 is 22.9 Å². The van der Waals surface area contributed by atoms with Crippen molar-refractivity contribution in [1.82, 2.24) is 9.55 Å². The Balaban J connectivity index is 1.65. The van der Waals surface area contributed by atoms with Gasteiger partial charge in [-0.2, -0.15) is 5.26 Å². The standard InChI is InChI=1S/C21H22ClN5OS/c1-12-11-27(9-8-17(12)25-15-6-4-14(22)5-7-15)19-16(10-23)20(28)26(3)21-18(19)24-13(2)29-21/h4-7,12,17,25H,8-9,11H2,1-3H3/t12-,17+/m0/s1. The van der Waals surface area contributed by atoms with Crippen LogP contribution in [0.15, 0.2) is 29.1 Å². The summed E-state index contributed by atoms with van der Waals surface area (Å²) in [7, 11) is 1.71. The number of halogens is 1. The van der Waals surface area contributed by atoms with Crippen LogP contribution in [0, 0.1) is 24.2 Å². The molecule has 29 heavy (non-hydrogen) atoms. The van der Waals surface area contributed by atoms with Gasteiger partial charge >= 0.3 is 0 Å². The number of fused-ring (bicyclic) bond motifs is 1.